The molecule has 3 spiro atoms. The lowest BCUT2D eigenvalue weighted by Crippen LogP contribution is -2.61. The molecule has 5 fully saturated rings. The van der Waals surface area contributed by atoms with Crippen molar-refractivity contribution < 1.29 is 45.2 Å². The van der Waals surface area contributed by atoms with E-state index in [4.69, 9.17) is 15.2 Å². The molecule has 19 atom stereocenters. The van der Waals surface area contributed by atoms with Crippen LogP contribution in [0.25, 0.3) is 0 Å². The van der Waals surface area contributed by atoms with Gasteiger partial charge in [-0.3, -0.25) is 0 Å². The number of rotatable bonds is 10. The number of nitrogens with two attached hydrogens (primary N) is 1. The molecule has 11 N–H and O–H groups in total. The fraction of sp³-hybridized carbons (Fsp3) is 0.610. The average Bonchev–Trinajstić information content (AvgIpc) is 1.68. The van der Waals surface area contributed by atoms with Gasteiger partial charge in [0.25, 0.3) is 0 Å². The predicted octanol–water partition coefficient (Wildman–Crippen LogP) is 11.6. The molecular formula is C77H99N3O9S2. The van der Waals surface area contributed by atoms with E-state index in [0.29, 0.717) is 74.7 Å². The van der Waals surface area contributed by atoms with Gasteiger partial charge in [-0.1, -0.05) is 132 Å². The molecule has 14 rings (SSSR count). The molecule has 0 unspecified atom stereocenters. The van der Waals surface area contributed by atoms with E-state index in [1.54, 1.807) is 21.6 Å². The zero-order valence-electron chi connectivity index (χ0n) is 53.3. The molecule has 1 aromatic heterocycles. The van der Waals surface area contributed by atoms with Gasteiger partial charge in [-0.05, 0) is 213 Å². The zero-order valence-corrected chi connectivity index (χ0v) is 54.9. The van der Waals surface area contributed by atoms with Crippen LogP contribution >= 0.6 is 21.6 Å². The first-order valence-corrected chi connectivity index (χ1v) is 37.6. The summed E-state index contributed by atoms with van der Waals surface area (Å²) in [6, 6.07) is 28.5. The summed E-state index contributed by atoms with van der Waals surface area (Å²) in [5.41, 5.74) is 17.0. The molecular weight excluding hydrogens is 1170 g/mol. The maximum Gasteiger partial charge on any atom is 0.161 e. The number of allylic oxidation sites excluding steroid dienone is 3. The van der Waals surface area contributed by atoms with Crippen molar-refractivity contribution >= 4 is 21.6 Å². The molecule has 4 aromatic rings. The Kier molecular flexibility index (Phi) is 18.8. The number of phenolic OH excluding ortho intramolecular Hbond substituents is 1. The van der Waals surface area contributed by atoms with Gasteiger partial charge in [0.1, 0.15) is 11.9 Å². The minimum atomic E-state index is -1.08. The van der Waals surface area contributed by atoms with Crippen LogP contribution in [0.4, 0.5) is 0 Å². The molecule has 0 radical (unpaired) electrons. The molecule has 12 nitrogen and oxygen atoms in total. The van der Waals surface area contributed by atoms with Crippen molar-refractivity contribution in [1.29, 1.82) is 0 Å². The van der Waals surface area contributed by atoms with Crippen molar-refractivity contribution in [3.8, 4) is 23.3 Å². The minimum Gasteiger partial charge on any atom is -0.504 e. The number of aromatic hydroxyl groups is 1. The van der Waals surface area contributed by atoms with Crippen LogP contribution in [-0.4, -0.2) is 115 Å². The standard InChI is InChI=1S/C77H99N3O9S2/c1-2-46-32-51-36-65(85)68(89-69-37-52(33-54-16-10-28-79-54)56-22-29-80-74(78)62(56)45-91-90-44-53(43-82)73(69)87)39-58(51)59-38-66(86)70-49(35-57(46)59)21-27-75(41-55(83)17-20-67(70)88-31-30-81)42-61(47-12-4-3-5-13-47)60-34-48-14-6-7-15-50(48)40-77(26-11-25-76(77)23-8-9-24-76)63-18-19-64(84)72(75)71(60)63/h3-7,10,12-16,22,28,35-36,39,46,49,52-53,55,59-61,63-64,66-67,69-73,79-87H,2,8-9,11,17-20,23-26,29-34,37-38,40-45,78H2,1H3/t46-,49-,52-,53-,55-,59+,60-,61-,63-,64+,66+,67-,69+,70-,71-,72+,73+,75-,77+/m0/s1. The molecule has 4 saturated carbocycles. The summed E-state index contributed by atoms with van der Waals surface area (Å²) in [6.45, 7) is 2.47. The number of H-pyrrole nitrogens is 1. The van der Waals surface area contributed by atoms with E-state index in [2.05, 4.69) is 102 Å². The van der Waals surface area contributed by atoms with Crippen LogP contribution in [0.1, 0.15) is 155 Å². The Balaban J connectivity index is 0.885. The highest BCUT2D eigenvalue weighted by atomic mass is 33.1. The van der Waals surface area contributed by atoms with Crippen molar-refractivity contribution in [1.82, 2.24) is 10.3 Å². The molecule has 488 valence electrons. The summed E-state index contributed by atoms with van der Waals surface area (Å²) in [5.74, 6) is 9.27. The van der Waals surface area contributed by atoms with Crippen LogP contribution in [0.15, 0.2) is 120 Å². The lowest BCUT2D eigenvalue weighted by atomic mass is 9.39. The number of aliphatic hydroxyl groups excluding tert-OH is 6. The van der Waals surface area contributed by atoms with Gasteiger partial charge < -0.3 is 61.3 Å². The molecule has 14 heteroatoms. The number of phenols is 1. The zero-order chi connectivity index (χ0) is 62.6. The molecule has 3 aromatic carbocycles. The predicted molar refractivity (Wildman–Crippen MR) is 361 cm³/mol. The minimum absolute atomic E-state index is 0.0169. The summed E-state index contributed by atoms with van der Waals surface area (Å²) in [7, 11) is 3.27. The second-order valence-corrected chi connectivity index (χ2v) is 32.2. The summed E-state index contributed by atoms with van der Waals surface area (Å²) in [5, 5.41) is 89.0. The van der Waals surface area contributed by atoms with Gasteiger partial charge in [-0.25, -0.2) is 0 Å². The van der Waals surface area contributed by atoms with Gasteiger partial charge >= 0.3 is 0 Å². The number of fused-ring (bicyclic) bond motifs is 9. The van der Waals surface area contributed by atoms with Crippen molar-refractivity contribution in [3.05, 3.63) is 153 Å². The Morgan fingerprint density at radius 2 is 1.60 bits per heavy atom. The van der Waals surface area contributed by atoms with Crippen LogP contribution in [0.5, 0.6) is 11.5 Å². The first-order valence-electron chi connectivity index (χ1n) is 35.1. The summed E-state index contributed by atoms with van der Waals surface area (Å²) in [6.07, 6.45) is 19.4. The highest BCUT2D eigenvalue weighted by molar-refractivity contribution is 8.76. The molecule has 0 amide bonds. The SMILES string of the molecule is CC[C@H]1Cc2cc(O)c(O[C@@H]3C[C@H](Cc4ccc[nH]4)C4=CCNC(N)=C4CSSC[C@H](CO)[C@H]3O)cc2[C@@H]2C[C@@H](O)[C@H]3[C@@H](OCCO)CC[C@H](O)C[C@@]4(C#C[C@H]3C=C12)C[C@@H](c1ccccc1)[C@@H]1Cc2ccccc2C[C@]2(CCCC23CCCC3)[C@H]2CC[C@@H](O)[C@@H]4[C@@H]12. The van der Waals surface area contributed by atoms with Gasteiger partial charge in [0.15, 0.2) is 11.5 Å². The number of hydrogen-bond donors (Lipinski definition) is 10. The van der Waals surface area contributed by atoms with Crippen LogP contribution in [0.3, 0.4) is 0 Å². The Hall–Kier alpha value is -4.66. The molecule has 2 aliphatic heterocycles. The van der Waals surface area contributed by atoms with Crippen molar-refractivity contribution in [2.24, 2.45) is 75.2 Å². The first kappa shape index (κ1) is 63.7. The number of dihydropyridines is 1. The van der Waals surface area contributed by atoms with E-state index in [0.717, 1.165) is 66.5 Å². The van der Waals surface area contributed by atoms with Gasteiger partial charge in [-0.2, -0.15) is 0 Å². The fourth-order valence-corrected chi connectivity index (χ4v) is 24.0. The summed E-state index contributed by atoms with van der Waals surface area (Å²) >= 11 is 0. The van der Waals surface area contributed by atoms with Gasteiger partial charge in [0, 0.05) is 77.1 Å². The number of nitrogens with one attached hydrogen (secondary N) is 2. The lowest BCUT2D eigenvalue weighted by Gasteiger charge is -2.64. The summed E-state index contributed by atoms with van der Waals surface area (Å²) in [4.78, 5) is 3.41. The molecule has 8 aliphatic carbocycles. The van der Waals surface area contributed by atoms with E-state index >= 15 is 0 Å². The maximum atomic E-state index is 13.4. The number of aliphatic hydroxyl groups is 6. The number of benzene rings is 3. The van der Waals surface area contributed by atoms with Crippen LogP contribution < -0.4 is 15.8 Å². The topological polar surface area (TPSA) is 214 Å². The monoisotopic (exact) mass is 1270 g/mol. The third kappa shape index (κ3) is 11.9. The Labute approximate surface area is 547 Å². The fourth-order valence-electron chi connectivity index (χ4n) is 21.5. The average molecular weight is 1270 g/mol. The smallest absolute Gasteiger partial charge is 0.161 e. The van der Waals surface area contributed by atoms with Crippen molar-refractivity contribution in [3.63, 3.8) is 0 Å². The number of hydrogen-bond acceptors (Lipinski definition) is 13. The molecule has 3 heterocycles. The van der Waals surface area contributed by atoms with E-state index < -0.39 is 59.8 Å². The van der Waals surface area contributed by atoms with E-state index in [-0.39, 0.29) is 83.6 Å². The van der Waals surface area contributed by atoms with E-state index in [1.807, 2.05) is 24.4 Å². The normalized spacial score (nSPS) is 37.9. The second kappa shape index (κ2) is 26.9. The highest BCUT2D eigenvalue weighted by Gasteiger charge is 2.67. The largest absolute Gasteiger partial charge is 0.504 e. The Bertz CT molecular complexity index is 3370. The highest BCUT2D eigenvalue weighted by Crippen LogP contribution is 2.73. The van der Waals surface area contributed by atoms with Crippen molar-refractivity contribution in [2.75, 3.05) is 37.9 Å². The maximum absolute atomic E-state index is 13.4. The second-order valence-electron chi connectivity index (χ2n) is 29.7. The Morgan fingerprint density at radius 1 is 0.791 bits per heavy atom. The third-order valence-electron chi connectivity index (χ3n) is 25.4. The van der Waals surface area contributed by atoms with E-state index in [1.165, 1.54) is 67.2 Å². The Morgan fingerprint density at radius 3 is 2.40 bits per heavy atom. The number of ether oxygens (including phenoxy) is 2. The molecule has 91 heavy (non-hydrogen) atoms. The summed E-state index contributed by atoms with van der Waals surface area (Å²) < 4.78 is 13.8. The third-order valence-corrected chi connectivity index (χ3v) is 27.8. The van der Waals surface area contributed by atoms with Crippen LogP contribution in [-0.2, 0) is 30.4 Å². The molecule has 0 bridgehead atoms. The van der Waals surface area contributed by atoms with Crippen LogP contribution in [0.2, 0.25) is 0 Å². The lowest BCUT2D eigenvalue weighted by molar-refractivity contribution is -0.166. The van der Waals surface area contributed by atoms with Gasteiger partial charge in [0.05, 0.1) is 43.7 Å². The van der Waals surface area contributed by atoms with Gasteiger partial charge in [-0.15, -0.1) is 0 Å². The molecule has 1 saturated heterocycles. The number of aromatic nitrogens is 1. The van der Waals surface area contributed by atoms with Crippen molar-refractivity contribution in [2.45, 2.75) is 184 Å². The molecule has 10 aliphatic rings. The van der Waals surface area contributed by atoms with E-state index in [9.17, 15) is 35.7 Å². The van der Waals surface area contributed by atoms with Crippen LogP contribution in [0, 0.1) is 81.3 Å². The quantitative estimate of drug-likeness (QED) is 0.0407. The first-order chi connectivity index (χ1) is 44.3. The van der Waals surface area contributed by atoms with Gasteiger partial charge in [0.2, 0.25) is 0 Å². The number of aromatic amines is 1.